The normalized spacial score (nSPS) is 15.9. The Morgan fingerprint density at radius 2 is 1.86 bits per heavy atom. The molecule has 1 aliphatic carbocycles. The molecule has 0 fully saturated rings. The fourth-order valence-electron chi connectivity index (χ4n) is 5.95. The summed E-state index contributed by atoms with van der Waals surface area (Å²) in [6.45, 7) is 0.338. The molecule has 0 saturated carbocycles. The smallest absolute Gasteiger partial charge is 0.160 e. The van der Waals surface area contributed by atoms with Crippen LogP contribution in [0.4, 0.5) is 5.82 Å². The van der Waals surface area contributed by atoms with Crippen LogP contribution in [0.2, 0.25) is 0 Å². The second kappa shape index (κ2) is 14.0. The summed E-state index contributed by atoms with van der Waals surface area (Å²) >= 11 is 0. The number of nitrogens with zero attached hydrogens (tertiary/aromatic N) is 2. The Hall–Kier alpha value is -4.72. The molecule has 8 nitrogen and oxygen atoms in total. The van der Waals surface area contributed by atoms with Crippen LogP contribution in [-0.2, 0) is 22.4 Å². The largest absolute Gasteiger partial charge is 0.664 e. The Morgan fingerprint density at radius 1 is 1.00 bits per heavy atom. The van der Waals surface area contributed by atoms with E-state index in [1.54, 1.807) is 36.5 Å². The van der Waals surface area contributed by atoms with Gasteiger partial charge in [0.25, 0.3) is 0 Å². The van der Waals surface area contributed by atoms with Crippen molar-refractivity contribution in [3.05, 3.63) is 106 Å². The summed E-state index contributed by atoms with van der Waals surface area (Å²) in [6.07, 6.45) is 9.48. The van der Waals surface area contributed by atoms with Gasteiger partial charge < -0.3 is 30.2 Å². The number of benzene rings is 2. The first-order valence-corrected chi connectivity index (χ1v) is 14.7. The Kier molecular flexibility index (Phi) is 9.66. The number of rotatable bonds is 15. The number of hydrogen-bond donors (Lipinski definition) is 3. The molecule has 2 aromatic carbocycles. The van der Waals surface area contributed by atoms with Crippen molar-refractivity contribution in [2.75, 3.05) is 13.7 Å². The molecule has 0 bridgehead atoms. The molecular weight excluding hydrogens is 542 g/mol. The van der Waals surface area contributed by atoms with E-state index in [1.165, 1.54) is 7.11 Å². The number of aromatic amines is 1. The van der Waals surface area contributed by atoms with Gasteiger partial charge in [-0.2, -0.15) is 6.20 Å². The molecule has 43 heavy (non-hydrogen) atoms. The van der Waals surface area contributed by atoms with Crippen LogP contribution in [0.15, 0.2) is 78.6 Å². The minimum atomic E-state index is -0.464. The highest BCUT2D eigenvalue weighted by atomic mass is 16.5. The van der Waals surface area contributed by atoms with E-state index in [0.29, 0.717) is 18.7 Å². The third kappa shape index (κ3) is 7.57. The highest BCUT2D eigenvalue weighted by Crippen LogP contribution is 2.43. The van der Waals surface area contributed by atoms with E-state index in [-0.39, 0.29) is 41.8 Å². The molecule has 8 heteroatoms. The van der Waals surface area contributed by atoms with Gasteiger partial charge in [-0.05, 0) is 73.5 Å². The lowest BCUT2D eigenvalue weighted by atomic mass is 9.71. The fourth-order valence-corrected chi connectivity index (χ4v) is 5.95. The second-order valence-corrected chi connectivity index (χ2v) is 11.1. The Bertz CT molecular complexity index is 1570. The zero-order chi connectivity index (χ0) is 30.2. The maximum absolute atomic E-state index is 14.0. The van der Waals surface area contributed by atoms with Gasteiger partial charge in [-0.3, -0.25) is 9.59 Å². The van der Waals surface area contributed by atoms with Gasteiger partial charge in [-0.15, -0.1) is 5.69 Å². The number of methoxy groups -OCH3 is 1. The van der Waals surface area contributed by atoms with Crippen molar-refractivity contribution in [2.24, 2.45) is 5.92 Å². The lowest BCUT2D eigenvalue weighted by molar-refractivity contribution is -0.129. The van der Waals surface area contributed by atoms with Gasteiger partial charge >= 0.3 is 0 Å². The minimum absolute atomic E-state index is 0.0449. The first kappa shape index (κ1) is 29.8. The van der Waals surface area contributed by atoms with Gasteiger partial charge in [-0.25, -0.2) is 0 Å². The quantitative estimate of drug-likeness (QED) is 0.105. The van der Waals surface area contributed by atoms with E-state index in [1.807, 2.05) is 42.6 Å². The molecule has 0 spiro atoms. The number of H-pyrrole nitrogens is 1. The van der Waals surface area contributed by atoms with Crippen LogP contribution in [0.1, 0.15) is 60.4 Å². The van der Waals surface area contributed by atoms with E-state index < -0.39 is 5.92 Å². The van der Waals surface area contributed by atoms with Crippen LogP contribution in [-0.4, -0.2) is 40.4 Å². The average Bonchev–Trinajstić information content (AvgIpc) is 3.70. The number of hydrogen-bond acceptors (Lipinski definition) is 5. The number of aryl methyl sites for hydroxylation is 2. The fraction of sp³-hybridized carbons (Fsp3) is 0.314. The third-order valence-electron chi connectivity index (χ3n) is 8.10. The number of aromatic hydroxyl groups is 2. The first-order valence-electron chi connectivity index (χ1n) is 14.7. The van der Waals surface area contributed by atoms with Crippen LogP contribution in [0, 0.1) is 5.92 Å². The Balaban J connectivity index is 1.29. The van der Waals surface area contributed by atoms with Crippen molar-refractivity contribution in [2.45, 2.75) is 50.9 Å². The lowest BCUT2D eigenvalue weighted by Gasteiger charge is -2.36. The number of fused-ring (bicyclic) bond motifs is 1. The molecule has 0 radical (unpaired) electrons. The number of ether oxygens (including phenoxy) is 1. The molecule has 0 aliphatic heterocycles. The molecule has 1 aliphatic rings. The summed E-state index contributed by atoms with van der Waals surface area (Å²) in [5.74, 6) is 0.626. The van der Waals surface area contributed by atoms with Crippen molar-refractivity contribution in [1.29, 1.82) is 0 Å². The van der Waals surface area contributed by atoms with Crippen LogP contribution in [0.25, 0.3) is 11.4 Å². The van der Waals surface area contributed by atoms with E-state index in [9.17, 15) is 19.8 Å². The maximum Gasteiger partial charge on any atom is 0.160 e. The highest BCUT2D eigenvalue weighted by Gasteiger charge is 2.35. The summed E-state index contributed by atoms with van der Waals surface area (Å²) in [6, 6.07) is 18.1. The average molecular weight is 580 g/mol. The van der Waals surface area contributed by atoms with Gasteiger partial charge in [0.05, 0.1) is 13.5 Å². The summed E-state index contributed by atoms with van der Waals surface area (Å²) in [5.41, 5.74) is 4.72. The summed E-state index contributed by atoms with van der Waals surface area (Å²) in [5, 5.41) is 24.4. The Morgan fingerprint density at radius 3 is 2.65 bits per heavy atom. The third-order valence-corrected chi connectivity index (χ3v) is 8.10. The number of carbonyl (C=O) groups is 2. The van der Waals surface area contributed by atoms with Crippen molar-refractivity contribution in [3.63, 3.8) is 0 Å². The maximum atomic E-state index is 14.0. The van der Waals surface area contributed by atoms with Gasteiger partial charge in [0.2, 0.25) is 0 Å². The monoisotopic (exact) mass is 579 g/mol. The highest BCUT2D eigenvalue weighted by molar-refractivity contribution is 6.02. The standard InChI is InChI=1S/C35H37N3O5/c1-43-33-19-24(12-14-31(33)41)11-13-27(40)21-32(42)35-25(22-38-34-10-5-16-37-34)20-30-28(15-17-36-30)29(35)9-3-2-6-23-7-4-8-26(39)18-23/h4-5,7-8,10,12,14-20,29,35,37,39,41H,2-3,6,9,11,13,21-22H2,1H3/q-2. The summed E-state index contributed by atoms with van der Waals surface area (Å²) < 4.78 is 5.18. The lowest BCUT2D eigenvalue weighted by Crippen LogP contribution is -2.30. The molecular formula is C35H37N3O5-2. The number of unbranched alkanes of at least 4 members (excludes halogenated alkanes) is 1. The number of aromatic nitrogens is 2. The molecule has 2 heterocycles. The molecule has 2 aromatic heterocycles. The predicted molar refractivity (Wildman–Crippen MR) is 166 cm³/mol. The van der Waals surface area contributed by atoms with E-state index in [4.69, 9.17) is 10.1 Å². The SMILES string of the molecule is COc1cc(CCC(=O)CC(=O)C2C(C[N-]c3ccc[nH]3)=Cc3[n-]ccc3C2CCCCc2cccc(O)c2)ccc1O. The van der Waals surface area contributed by atoms with Gasteiger partial charge in [0, 0.05) is 12.3 Å². The minimum Gasteiger partial charge on any atom is -0.664 e. The number of ketones is 2. The molecule has 3 N–H and O–H groups in total. The number of phenols is 2. The Labute approximate surface area is 251 Å². The van der Waals surface area contributed by atoms with Gasteiger partial charge in [0.15, 0.2) is 11.5 Å². The van der Waals surface area contributed by atoms with Crippen LogP contribution in [0.5, 0.6) is 17.2 Å². The van der Waals surface area contributed by atoms with Gasteiger partial charge in [0.1, 0.15) is 17.3 Å². The first-order chi connectivity index (χ1) is 20.9. The van der Waals surface area contributed by atoms with Crippen LogP contribution < -0.4 is 9.72 Å². The molecule has 0 saturated heterocycles. The van der Waals surface area contributed by atoms with Crippen molar-refractivity contribution < 1.29 is 24.5 Å². The topological polar surface area (TPSA) is 128 Å². The number of nitrogens with one attached hydrogen (secondary N) is 1. The second-order valence-electron chi connectivity index (χ2n) is 11.1. The number of carbonyl (C=O) groups excluding carboxylic acids is 2. The van der Waals surface area contributed by atoms with Crippen molar-refractivity contribution in [1.82, 2.24) is 9.97 Å². The number of phenolic OH excluding ortho intramolecular Hbond substituents is 2. The predicted octanol–water partition coefficient (Wildman–Crippen LogP) is 6.77. The summed E-state index contributed by atoms with van der Waals surface area (Å²) in [4.78, 5) is 34.7. The molecule has 224 valence electrons. The van der Waals surface area contributed by atoms with Crippen LogP contribution >= 0.6 is 0 Å². The van der Waals surface area contributed by atoms with E-state index in [2.05, 4.69) is 9.97 Å². The van der Waals surface area contributed by atoms with Gasteiger partial charge in [-0.1, -0.05) is 72.0 Å². The molecule has 0 amide bonds. The summed E-state index contributed by atoms with van der Waals surface area (Å²) in [7, 11) is 1.48. The molecule has 2 unspecified atom stereocenters. The zero-order valence-electron chi connectivity index (χ0n) is 24.3. The molecule has 2 atom stereocenters. The zero-order valence-corrected chi connectivity index (χ0v) is 24.3. The van der Waals surface area contributed by atoms with Crippen molar-refractivity contribution >= 4 is 23.5 Å². The van der Waals surface area contributed by atoms with Crippen LogP contribution in [0.3, 0.4) is 0 Å². The number of Topliss-reactive ketones (excluding diaryl/α,β-unsaturated/α-hetero) is 2. The van der Waals surface area contributed by atoms with Crippen molar-refractivity contribution in [3.8, 4) is 17.2 Å². The molecule has 4 aromatic rings. The van der Waals surface area contributed by atoms with E-state index in [0.717, 1.165) is 59.5 Å². The molecule has 5 rings (SSSR count). The van der Waals surface area contributed by atoms with E-state index >= 15 is 0 Å².